The van der Waals surface area contributed by atoms with Gasteiger partial charge in [0, 0.05) is 18.7 Å². The summed E-state index contributed by atoms with van der Waals surface area (Å²) in [6.07, 6.45) is 1.62. The largest absolute Gasteiger partial charge is 0.417 e. The SMILES string of the molecule is O=C(CCCCO)Nc1ccc2oc(=O)[nH]c2c1. The zero-order chi connectivity index (χ0) is 13.0. The maximum absolute atomic E-state index is 11.5. The number of unbranched alkanes of at least 4 members (excludes halogenated alkanes) is 1. The third kappa shape index (κ3) is 2.98. The molecule has 0 saturated heterocycles. The summed E-state index contributed by atoms with van der Waals surface area (Å²) in [4.78, 5) is 25.0. The van der Waals surface area contributed by atoms with Gasteiger partial charge in [0.05, 0.1) is 5.52 Å². The molecule has 0 radical (unpaired) electrons. The number of amides is 1. The van der Waals surface area contributed by atoms with E-state index < -0.39 is 5.76 Å². The van der Waals surface area contributed by atoms with Crippen molar-refractivity contribution in [2.75, 3.05) is 11.9 Å². The van der Waals surface area contributed by atoms with Crippen LogP contribution in [0, 0.1) is 0 Å². The molecule has 0 atom stereocenters. The Hall–Kier alpha value is -2.08. The van der Waals surface area contributed by atoms with Crippen LogP contribution in [-0.2, 0) is 4.79 Å². The minimum absolute atomic E-state index is 0.0928. The molecule has 0 aliphatic rings. The predicted octanol–water partition coefficient (Wildman–Crippen LogP) is 1.22. The van der Waals surface area contributed by atoms with Crippen LogP contribution in [0.25, 0.3) is 11.1 Å². The lowest BCUT2D eigenvalue weighted by Gasteiger charge is -2.04. The van der Waals surface area contributed by atoms with E-state index in [9.17, 15) is 9.59 Å². The van der Waals surface area contributed by atoms with E-state index in [2.05, 4.69) is 10.3 Å². The predicted molar refractivity (Wildman–Crippen MR) is 66.4 cm³/mol. The van der Waals surface area contributed by atoms with E-state index in [1.54, 1.807) is 18.2 Å². The number of fused-ring (bicyclic) bond motifs is 1. The molecule has 0 spiro atoms. The topological polar surface area (TPSA) is 95.3 Å². The van der Waals surface area contributed by atoms with Gasteiger partial charge in [-0.1, -0.05) is 0 Å². The summed E-state index contributed by atoms with van der Waals surface area (Å²) in [5.74, 6) is -0.634. The van der Waals surface area contributed by atoms with Gasteiger partial charge in [0.25, 0.3) is 0 Å². The lowest BCUT2D eigenvalue weighted by molar-refractivity contribution is -0.116. The summed E-state index contributed by atoms with van der Waals surface area (Å²) in [6, 6.07) is 4.93. The molecule has 0 aliphatic heterocycles. The van der Waals surface area contributed by atoms with E-state index >= 15 is 0 Å². The van der Waals surface area contributed by atoms with E-state index in [1.165, 1.54) is 0 Å². The van der Waals surface area contributed by atoms with Crippen molar-refractivity contribution in [1.29, 1.82) is 0 Å². The summed E-state index contributed by atoms with van der Waals surface area (Å²) in [6.45, 7) is 0.0928. The monoisotopic (exact) mass is 250 g/mol. The Morgan fingerprint density at radius 1 is 1.39 bits per heavy atom. The molecule has 6 heteroatoms. The van der Waals surface area contributed by atoms with Gasteiger partial charge in [0.15, 0.2) is 5.58 Å². The molecule has 0 bridgehead atoms. The number of anilines is 1. The van der Waals surface area contributed by atoms with Gasteiger partial charge in [-0.25, -0.2) is 4.79 Å². The number of hydrogen-bond donors (Lipinski definition) is 3. The van der Waals surface area contributed by atoms with Crippen molar-refractivity contribution in [3.8, 4) is 0 Å². The molecule has 18 heavy (non-hydrogen) atoms. The Morgan fingerprint density at radius 2 is 2.22 bits per heavy atom. The number of carbonyl (C=O) groups is 1. The molecule has 0 saturated carbocycles. The molecule has 1 amide bonds. The molecule has 0 unspecified atom stereocenters. The minimum atomic E-state index is -0.517. The second-order valence-electron chi connectivity index (χ2n) is 3.95. The average molecular weight is 250 g/mol. The number of benzene rings is 1. The fourth-order valence-corrected chi connectivity index (χ4v) is 1.65. The average Bonchev–Trinajstić information content (AvgIpc) is 2.69. The second-order valence-corrected chi connectivity index (χ2v) is 3.95. The molecule has 6 nitrogen and oxygen atoms in total. The Kier molecular flexibility index (Phi) is 3.78. The number of aromatic amines is 1. The molecule has 2 rings (SSSR count). The van der Waals surface area contributed by atoms with Crippen LogP contribution in [0.3, 0.4) is 0 Å². The van der Waals surface area contributed by atoms with Gasteiger partial charge in [-0.2, -0.15) is 0 Å². The quantitative estimate of drug-likeness (QED) is 0.695. The maximum atomic E-state index is 11.5. The van der Waals surface area contributed by atoms with Gasteiger partial charge in [0.2, 0.25) is 5.91 Å². The van der Waals surface area contributed by atoms with E-state index in [4.69, 9.17) is 9.52 Å². The fraction of sp³-hybridized carbons (Fsp3) is 0.333. The van der Waals surface area contributed by atoms with Crippen molar-refractivity contribution in [2.24, 2.45) is 0 Å². The molecule has 1 aromatic carbocycles. The van der Waals surface area contributed by atoms with Crippen molar-refractivity contribution in [3.05, 3.63) is 28.7 Å². The number of nitrogens with one attached hydrogen (secondary N) is 2. The van der Waals surface area contributed by atoms with E-state index in [0.29, 0.717) is 36.0 Å². The molecule has 2 aromatic rings. The highest BCUT2D eigenvalue weighted by atomic mass is 16.4. The Labute approximate surface area is 103 Å². The van der Waals surface area contributed by atoms with Gasteiger partial charge in [-0.05, 0) is 31.0 Å². The van der Waals surface area contributed by atoms with Crippen molar-refractivity contribution in [1.82, 2.24) is 4.98 Å². The van der Waals surface area contributed by atoms with Crippen molar-refractivity contribution in [2.45, 2.75) is 19.3 Å². The zero-order valence-corrected chi connectivity index (χ0v) is 9.73. The van der Waals surface area contributed by atoms with Crippen LogP contribution in [0.1, 0.15) is 19.3 Å². The van der Waals surface area contributed by atoms with E-state index in [-0.39, 0.29) is 12.5 Å². The first-order valence-electron chi connectivity index (χ1n) is 5.72. The van der Waals surface area contributed by atoms with Gasteiger partial charge in [0.1, 0.15) is 0 Å². The number of oxazole rings is 1. The lowest BCUT2D eigenvalue weighted by Crippen LogP contribution is -2.11. The number of H-pyrrole nitrogens is 1. The number of aliphatic hydroxyl groups excluding tert-OH is 1. The number of hydrogen-bond acceptors (Lipinski definition) is 4. The lowest BCUT2D eigenvalue weighted by atomic mass is 10.2. The molecule has 1 aromatic heterocycles. The zero-order valence-electron chi connectivity index (χ0n) is 9.73. The third-order valence-corrected chi connectivity index (χ3v) is 2.51. The van der Waals surface area contributed by atoms with Crippen LogP contribution in [0.5, 0.6) is 0 Å². The van der Waals surface area contributed by atoms with Crippen LogP contribution in [0.2, 0.25) is 0 Å². The van der Waals surface area contributed by atoms with E-state index in [0.717, 1.165) is 0 Å². The highest BCUT2D eigenvalue weighted by Crippen LogP contribution is 2.16. The van der Waals surface area contributed by atoms with E-state index in [1.807, 2.05) is 0 Å². The highest BCUT2D eigenvalue weighted by molar-refractivity contribution is 5.92. The van der Waals surface area contributed by atoms with Crippen LogP contribution in [-0.4, -0.2) is 22.6 Å². The first-order valence-corrected chi connectivity index (χ1v) is 5.72. The molecule has 96 valence electrons. The first-order chi connectivity index (χ1) is 8.69. The number of carbonyl (C=O) groups excluding carboxylic acids is 1. The second kappa shape index (κ2) is 5.50. The van der Waals surface area contributed by atoms with Gasteiger partial charge in [-0.15, -0.1) is 0 Å². The Balaban J connectivity index is 2.02. The summed E-state index contributed by atoms with van der Waals surface area (Å²) >= 11 is 0. The third-order valence-electron chi connectivity index (χ3n) is 2.51. The molecule has 3 N–H and O–H groups in total. The smallest absolute Gasteiger partial charge is 0.408 e. The molecular formula is C12H14N2O4. The Morgan fingerprint density at radius 3 is 3.00 bits per heavy atom. The fourth-order valence-electron chi connectivity index (χ4n) is 1.65. The van der Waals surface area contributed by atoms with Crippen LogP contribution < -0.4 is 11.1 Å². The van der Waals surface area contributed by atoms with Crippen LogP contribution in [0.4, 0.5) is 5.69 Å². The normalized spacial score (nSPS) is 10.7. The summed E-state index contributed by atoms with van der Waals surface area (Å²) < 4.78 is 4.86. The first kappa shape index (κ1) is 12.4. The van der Waals surface area contributed by atoms with Gasteiger partial charge < -0.3 is 14.8 Å². The number of aliphatic hydroxyl groups is 1. The van der Waals surface area contributed by atoms with Gasteiger partial charge in [-0.3, -0.25) is 9.78 Å². The minimum Gasteiger partial charge on any atom is -0.408 e. The highest BCUT2D eigenvalue weighted by Gasteiger charge is 2.05. The standard InChI is InChI=1S/C12H14N2O4/c15-6-2-1-3-11(16)13-8-4-5-10-9(7-8)14-12(17)18-10/h4-5,7,15H,1-3,6H2,(H,13,16)(H,14,17). The number of aromatic nitrogens is 1. The molecule has 0 aliphatic carbocycles. The molecule has 1 heterocycles. The summed E-state index contributed by atoms with van der Waals surface area (Å²) in [5, 5.41) is 11.3. The summed E-state index contributed by atoms with van der Waals surface area (Å²) in [7, 11) is 0. The maximum Gasteiger partial charge on any atom is 0.417 e. The van der Waals surface area contributed by atoms with Crippen molar-refractivity contribution < 1.29 is 14.3 Å². The summed E-state index contributed by atoms with van der Waals surface area (Å²) in [5.41, 5.74) is 1.61. The Bertz CT molecular complexity index is 599. The molecule has 0 fully saturated rings. The molecular weight excluding hydrogens is 236 g/mol. The van der Waals surface area contributed by atoms with Crippen LogP contribution >= 0.6 is 0 Å². The number of rotatable bonds is 5. The van der Waals surface area contributed by atoms with Crippen LogP contribution in [0.15, 0.2) is 27.4 Å². The van der Waals surface area contributed by atoms with Gasteiger partial charge >= 0.3 is 5.76 Å². The van der Waals surface area contributed by atoms with Crippen molar-refractivity contribution in [3.63, 3.8) is 0 Å². The van der Waals surface area contributed by atoms with Crippen molar-refractivity contribution >= 4 is 22.7 Å².